The number of ether oxygens (including phenoxy) is 2. The fourth-order valence-corrected chi connectivity index (χ4v) is 1.88. The van der Waals surface area contributed by atoms with Crippen LogP contribution in [-0.2, 0) is 14.3 Å². The van der Waals surface area contributed by atoms with Gasteiger partial charge in [0.25, 0.3) is 0 Å². The molecular formula is C17H20O6. The number of carbonyl (C=O) groups is 3. The van der Waals surface area contributed by atoms with Gasteiger partial charge < -0.3 is 14.6 Å². The maximum Gasteiger partial charge on any atom is 0.339 e. The topological polar surface area (TPSA) is 89.9 Å². The smallest absolute Gasteiger partial charge is 0.339 e. The van der Waals surface area contributed by atoms with Gasteiger partial charge in [0.2, 0.25) is 0 Å². The first-order valence-corrected chi connectivity index (χ1v) is 7.35. The molecule has 23 heavy (non-hydrogen) atoms. The van der Waals surface area contributed by atoms with Crippen LogP contribution in [0.1, 0.15) is 46.4 Å². The lowest BCUT2D eigenvalue weighted by Crippen LogP contribution is -2.12. The Morgan fingerprint density at radius 1 is 0.957 bits per heavy atom. The first-order valence-electron chi connectivity index (χ1n) is 7.35. The number of unbranched alkanes of at least 4 members (excludes halogenated alkanes) is 3. The lowest BCUT2D eigenvalue weighted by molar-refractivity contribution is -0.137. The molecule has 1 aromatic rings. The average molecular weight is 320 g/mol. The van der Waals surface area contributed by atoms with Gasteiger partial charge in [-0.15, -0.1) is 0 Å². The van der Waals surface area contributed by atoms with E-state index in [0.29, 0.717) is 13.0 Å². The highest BCUT2D eigenvalue weighted by Crippen LogP contribution is 2.11. The summed E-state index contributed by atoms with van der Waals surface area (Å²) in [7, 11) is 0. The molecule has 0 amide bonds. The van der Waals surface area contributed by atoms with Gasteiger partial charge in [0.1, 0.15) is 0 Å². The molecule has 0 heterocycles. The summed E-state index contributed by atoms with van der Waals surface area (Å²) < 4.78 is 9.91. The molecule has 0 aliphatic carbocycles. The van der Waals surface area contributed by atoms with Crippen LogP contribution in [0.5, 0.6) is 0 Å². The molecule has 124 valence electrons. The Balaban J connectivity index is 2.21. The standard InChI is InChI=1S/C17H20O6/c1-2-15(18)22-11-7-3-4-8-12-23-17(21)14-10-6-5-9-13(14)16(19)20/h2,5-6,9-10H,1,3-4,7-8,11-12H2,(H,19,20). The fraction of sp³-hybridized carbons (Fsp3) is 0.353. The normalized spacial score (nSPS) is 9.91. The maximum atomic E-state index is 11.9. The van der Waals surface area contributed by atoms with Crippen molar-refractivity contribution in [1.29, 1.82) is 0 Å². The van der Waals surface area contributed by atoms with E-state index in [-0.39, 0.29) is 17.7 Å². The van der Waals surface area contributed by atoms with Gasteiger partial charge in [-0.25, -0.2) is 14.4 Å². The van der Waals surface area contributed by atoms with Crippen LogP contribution in [0.15, 0.2) is 36.9 Å². The number of esters is 2. The number of hydrogen-bond donors (Lipinski definition) is 1. The maximum absolute atomic E-state index is 11.9. The second-order valence-corrected chi connectivity index (χ2v) is 4.77. The highest BCUT2D eigenvalue weighted by molar-refractivity contribution is 6.02. The van der Waals surface area contributed by atoms with E-state index in [4.69, 9.17) is 14.6 Å². The monoisotopic (exact) mass is 320 g/mol. The Hall–Kier alpha value is -2.63. The van der Waals surface area contributed by atoms with Crippen LogP contribution in [0, 0.1) is 0 Å². The summed E-state index contributed by atoms with van der Waals surface area (Å²) in [5.74, 6) is -2.23. The van der Waals surface area contributed by atoms with Gasteiger partial charge in [0.05, 0.1) is 24.3 Å². The summed E-state index contributed by atoms with van der Waals surface area (Å²) in [6.45, 7) is 3.86. The molecule has 6 heteroatoms. The first-order chi connectivity index (χ1) is 11.1. The van der Waals surface area contributed by atoms with Crippen molar-refractivity contribution in [2.75, 3.05) is 13.2 Å². The lowest BCUT2D eigenvalue weighted by Gasteiger charge is -2.07. The van der Waals surface area contributed by atoms with Crippen molar-refractivity contribution in [1.82, 2.24) is 0 Å². The summed E-state index contributed by atoms with van der Waals surface area (Å²) in [4.78, 5) is 33.7. The van der Waals surface area contributed by atoms with E-state index in [1.54, 1.807) is 12.1 Å². The lowest BCUT2D eigenvalue weighted by atomic mass is 10.1. The van der Waals surface area contributed by atoms with Crippen molar-refractivity contribution in [3.05, 3.63) is 48.0 Å². The fourth-order valence-electron chi connectivity index (χ4n) is 1.88. The van der Waals surface area contributed by atoms with Crippen molar-refractivity contribution >= 4 is 17.9 Å². The largest absolute Gasteiger partial charge is 0.478 e. The van der Waals surface area contributed by atoms with Gasteiger partial charge in [-0.3, -0.25) is 0 Å². The Kier molecular flexibility index (Phi) is 8.13. The van der Waals surface area contributed by atoms with E-state index >= 15 is 0 Å². The second kappa shape index (κ2) is 10.2. The summed E-state index contributed by atoms with van der Waals surface area (Å²) in [6.07, 6.45) is 4.17. The molecule has 0 fully saturated rings. The third kappa shape index (κ3) is 6.78. The molecular weight excluding hydrogens is 300 g/mol. The number of carboxylic acids is 1. The minimum absolute atomic E-state index is 0.0522. The van der Waals surface area contributed by atoms with Crippen LogP contribution in [0.3, 0.4) is 0 Å². The molecule has 0 bridgehead atoms. The predicted octanol–water partition coefficient (Wildman–Crippen LogP) is 2.83. The molecule has 0 aromatic heterocycles. The minimum Gasteiger partial charge on any atom is -0.478 e. The number of carbonyl (C=O) groups excluding carboxylic acids is 2. The Morgan fingerprint density at radius 2 is 1.52 bits per heavy atom. The Labute approximate surface area is 134 Å². The second-order valence-electron chi connectivity index (χ2n) is 4.77. The summed E-state index contributed by atoms with van der Waals surface area (Å²) in [5, 5.41) is 9.01. The molecule has 0 saturated heterocycles. The van der Waals surface area contributed by atoms with Crippen molar-refractivity contribution in [2.24, 2.45) is 0 Å². The highest BCUT2D eigenvalue weighted by atomic mass is 16.5. The van der Waals surface area contributed by atoms with Gasteiger partial charge in [-0.1, -0.05) is 18.7 Å². The number of carboxylic acid groups (broad SMARTS) is 1. The first kappa shape index (κ1) is 18.4. The highest BCUT2D eigenvalue weighted by Gasteiger charge is 2.16. The molecule has 1 rings (SSSR count). The van der Waals surface area contributed by atoms with Crippen LogP contribution in [-0.4, -0.2) is 36.2 Å². The van der Waals surface area contributed by atoms with E-state index < -0.39 is 17.9 Å². The predicted molar refractivity (Wildman–Crippen MR) is 83.3 cm³/mol. The SMILES string of the molecule is C=CC(=O)OCCCCCCOC(=O)c1ccccc1C(=O)O. The van der Waals surface area contributed by atoms with E-state index in [0.717, 1.165) is 25.3 Å². The van der Waals surface area contributed by atoms with E-state index in [9.17, 15) is 14.4 Å². The molecule has 0 atom stereocenters. The zero-order chi connectivity index (χ0) is 17.1. The van der Waals surface area contributed by atoms with E-state index in [1.165, 1.54) is 12.1 Å². The number of benzene rings is 1. The molecule has 1 aromatic carbocycles. The molecule has 0 saturated carbocycles. The van der Waals surface area contributed by atoms with Gasteiger partial charge >= 0.3 is 17.9 Å². The minimum atomic E-state index is -1.16. The van der Waals surface area contributed by atoms with Gasteiger partial charge in [0.15, 0.2) is 0 Å². The molecule has 0 aliphatic rings. The van der Waals surface area contributed by atoms with E-state index in [1.807, 2.05) is 0 Å². The van der Waals surface area contributed by atoms with Crippen LogP contribution in [0.2, 0.25) is 0 Å². The average Bonchev–Trinajstić information content (AvgIpc) is 2.56. The van der Waals surface area contributed by atoms with Crippen LogP contribution < -0.4 is 0 Å². The van der Waals surface area contributed by atoms with E-state index in [2.05, 4.69) is 6.58 Å². The van der Waals surface area contributed by atoms with Crippen LogP contribution >= 0.6 is 0 Å². The summed E-state index contributed by atoms with van der Waals surface area (Å²) in [5.41, 5.74) is -0.0159. The van der Waals surface area contributed by atoms with Crippen molar-refractivity contribution in [3.63, 3.8) is 0 Å². The van der Waals surface area contributed by atoms with Gasteiger partial charge in [-0.2, -0.15) is 0 Å². The van der Waals surface area contributed by atoms with Crippen molar-refractivity contribution in [2.45, 2.75) is 25.7 Å². The third-order valence-corrected chi connectivity index (χ3v) is 3.06. The molecule has 0 unspecified atom stereocenters. The van der Waals surface area contributed by atoms with Crippen LogP contribution in [0.4, 0.5) is 0 Å². The Bertz CT molecular complexity index is 564. The quantitative estimate of drug-likeness (QED) is 0.405. The van der Waals surface area contributed by atoms with Crippen molar-refractivity contribution < 1.29 is 29.0 Å². The molecule has 0 spiro atoms. The van der Waals surface area contributed by atoms with Gasteiger partial charge in [0, 0.05) is 6.08 Å². The third-order valence-electron chi connectivity index (χ3n) is 3.06. The molecule has 0 radical (unpaired) electrons. The number of rotatable bonds is 10. The summed E-state index contributed by atoms with van der Waals surface area (Å²) >= 11 is 0. The molecule has 6 nitrogen and oxygen atoms in total. The Morgan fingerprint density at radius 3 is 2.09 bits per heavy atom. The summed E-state index contributed by atoms with van der Waals surface area (Å²) in [6, 6.07) is 5.94. The van der Waals surface area contributed by atoms with Crippen molar-refractivity contribution in [3.8, 4) is 0 Å². The zero-order valence-electron chi connectivity index (χ0n) is 12.8. The van der Waals surface area contributed by atoms with Crippen LogP contribution in [0.25, 0.3) is 0 Å². The molecule has 0 aliphatic heterocycles. The zero-order valence-corrected chi connectivity index (χ0v) is 12.8. The molecule has 1 N–H and O–H groups in total. The van der Waals surface area contributed by atoms with Gasteiger partial charge in [-0.05, 0) is 37.8 Å². The number of hydrogen-bond acceptors (Lipinski definition) is 5. The number of aromatic carboxylic acids is 1.